The van der Waals surface area contributed by atoms with Gasteiger partial charge in [-0.25, -0.2) is 0 Å². The van der Waals surface area contributed by atoms with Crippen LogP contribution in [0.1, 0.15) is 12.7 Å². The zero-order valence-electron chi connectivity index (χ0n) is 13.9. The second kappa shape index (κ2) is 7.43. The van der Waals surface area contributed by atoms with Crippen LogP contribution >= 0.6 is 11.8 Å². The van der Waals surface area contributed by atoms with Crippen LogP contribution in [0.2, 0.25) is 0 Å². The van der Waals surface area contributed by atoms with E-state index in [1.807, 2.05) is 41.0 Å². The molecular formula is C17H18N4O3S. The average Bonchev–Trinajstić information content (AvgIpc) is 3.26. The predicted molar refractivity (Wildman–Crippen MR) is 94.3 cm³/mol. The van der Waals surface area contributed by atoms with Crippen LogP contribution in [-0.4, -0.2) is 33.0 Å². The van der Waals surface area contributed by atoms with Gasteiger partial charge in [-0.1, -0.05) is 11.8 Å². The summed E-state index contributed by atoms with van der Waals surface area (Å²) >= 11 is 1.27. The Hall–Kier alpha value is -2.74. The highest BCUT2D eigenvalue weighted by Crippen LogP contribution is 2.28. The molecule has 0 aliphatic heterocycles. The molecule has 0 radical (unpaired) electrons. The van der Waals surface area contributed by atoms with Gasteiger partial charge < -0.3 is 14.9 Å². The number of amides is 1. The topological polar surface area (TPSA) is 96.2 Å². The number of nitrogens with zero attached hydrogens (tertiary/aromatic N) is 3. The summed E-state index contributed by atoms with van der Waals surface area (Å²) in [5.41, 5.74) is 6.26. The van der Waals surface area contributed by atoms with Gasteiger partial charge in [-0.2, -0.15) is 0 Å². The quantitative estimate of drug-likeness (QED) is 0.652. The van der Waals surface area contributed by atoms with Crippen LogP contribution in [0.15, 0.2) is 52.2 Å². The van der Waals surface area contributed by atoms with Crippen molar-refractivity contribution in [3.8, 4) is 17.1 Å². The number of furan rings is 1. The summed E-state index contributed by atoms with van der Waals surface area (Å²) in [6, 6.07) is 11.2. The van der Waals surface area contributed by atoms with Crippen molar-refractivity contribution >= 4 is 17.7 Å². The van der Waals surface area contributed by atoms with Crippen LogP contribution in [-0.2, 0) is 11.3 Å². The largest absolute Gasteiger partial charge is 0.497 e. The van der Waals surface area contributed by atoms with E-state index in [2.05, 4.69) is 10.2 Å². The zero-order chi connectivity index (χ0) is 17.8. The third-order valence-corrected chi connectivity index (χ3v) is 4.74. The summed E-state index contributed by atoms with van der Waals surface area (Å²) in [6.45, 7) is 2.20. The third-order valence-electron chi connectivity index (χ3n) is 3.64. The molecule has 0 spiro atoms. The Morgan fingerprint density at radius 3 is 2.68 bits per heavy atom. The van der Waals surface area contributed by atoms with Gasteiger partial charge in [0.2, 0.25) is 5.91 Å². The molecule has 0 aliphatic carbocycles. The molecule has 1 aromatic carbocycles. The lowest BCUT2D eigenvalue weighted by Gasteiger charge is -2.11. The second-order valence-corrected chi connectivity index (χ2v) is 6.67. The van der Waals surface area contributed by atoms with E-state index in [9.17, 15) is 4.79 Å². The van der Waals surface area contributed by atoms with Gasteiger partial charge in [0.25, 0.3) is 0 Å². The number of primary amides is 1. The maximum Gasteiger partial charge on any atom is 0.230 e. The molecule has 1 atom stereocenters. The van der Waals surface area contributed by atoms with Crippen molar-refractivity contribution in [1.29, 1.82) is 0 Å². The van der Waals surface area contributed by atoms with Crippen molar-refractivity contribution < 1.29 is 13.9 Å². The minimum absolute atomic E-state index is 0.399. The number of benzene rings is 1. The Kier molecular flexibility index (Phi) is 5.08. The first-order valence-corrected chi connectivity index (χ1v) is 8.52. The zero-order valence-corrected chi connectivity index (χ0v) is 14.7. The molecule has 2 N–H and O–H groups in total. The lowest BCUT2D eigenvalue weighted by Crippen LogP contribution is -2.23. The van der Waals surface area contributed by atoms with Gasteiger partial charge in [-0.05, 0) is 43.3 Å². The maximum atomic E-state index is 11.4. The van der Waals surface area contributed by atoms with Crippen LogP contribution in [0.25, 0.3) is 11.4 Å². The minimum atomic E-state index is -0.414. The molecule has 2 heterocycles. The van der Waals surface area contributed by atoms with Crippen LogP contribution in [0, 0.1) is 0 Å². The molecule has 0 saturated carbocycles. The molecule has 0 saturated heterocycles. The number of nitrogens with two attached hydrogens (primary N) is 1. The molecule has 8 heteroatoms. The molecule has 0 fully saturated rings. The predicted octanol–water partition coefficient (Wildman–Crippen LogP) is 2.56. The van der Waals surface area contributed by atoms with E-state index in [1.54, 1.807) is 20.3 Å². The normalized spacial score (nSPS) is 12.1. The highest BCUT2D eigenvalue weighted by molar-refractivity contribution is 8.00. The SMILES string of the molecule is COc1ccc(-c2nnc(SC(C)C(N)=O)n2Cc2ccco2)cc1. The molecule has 0 aliphatic rings. The fourth-order valence-corrected chi connectivity index (χ4v) is 3.05. The monoisotopic (exact) mass is 358 g/mol. The van der Waals surface area contributed by atoms with E-state index in [0.29, 0.717) is 17.5 Å². The summed E-state index contributed by atoms with van der Waals surface area (Å²) in [5, 5.41) is 8.72. The Balaban J connectivity index is 1.98. The van der Waals surface area contributed by atoms with E-state index in [4.69, 9.17) is 14.9 Å². The molecule has 25 heavy (non-hydrogen) atoms. The smallest absolute Gasteiger partial charge is 0.230 e. The Bertz CT molecular complexity index is 843. The summed E-state index contributed by atoms with van der Waals surface area (Å²) < 4.78 is 12.5. The maximum absolute atomic E-state index is 11.4. The minimum Gasteiger partial charge on any atom is -0.497 e. The standard InChI is InChI=1S/C17H18N4O3S/c1-11(15(18)22)25-17-20-19-16(12-5-7-13(23-2)8-6-12)21(17)10-14-4-3-9-24-14/h3-9,11H,10H2,1-2H3,(H2,18,22). The number of thioether (sulfide) groups is 1. The Morgan fingerprint density at radius 2 is 2.08 bits per heavy atom. The summed E-state index contributed by atoms with van der Waals surface area (Å²) in [5.74, 6) is 1.81. The molecule has 3 aromatic rings. The van der Waals surface area contributed by atoms with E-state index < -0.39 is 11.2 Å². The van der Waals surface area contributed by atoms with Crippen molar-refractivity contribution in [2.75, 3.05) is 7.11 Å². The first kappa shape index (κ1) is 17.1. The third kappa shape index (κ3) is 3.85. The van der Waals surface area contributed by atoms with Gasteiger partial charge in [0.1, 0.15) is 11.5 Å². The van der Waals surface area contributed by atoms with Gasteiger partial charge in [0.15, 0.2) is 11.0 Å². The van der Waals surface area contributed by atoms with Gasteiger partial charge in [0, 0.05) is 5.56 Å². The number of ether oxygens (including phenoxy) is 1. The van der Waals surface area contributed by atoms with Crippen molar-refractivity contribution in [3.63, 3.8) is 0 Å². The average molecular weight is 358 g/mol. The van der Waals surface area contributed by atoms with Crippen LogP contribution in [0.4, 0.5) is 0 Å². The first-order valence-electron chi connectivity index (χ1n) is 7.64. The number of methoxy groups -OCH3 is 1. The van der Waals surface area contributed by atoms with Crippen LogP contribution < -0.4 is 10.5 Å². The molecule has 0 bridgehead atoms. The fraction of sp³-hybridized carbons (Fsp3) is 0.235. The number of aromatic nitrogens is 3. The Morgan fingerprint density at radius 1 is 1.32 bits per heavy atom. The highest BCUT2D eigenvalue weighted by atomic mass is 32.2. The summed E-state index contributed by atoms with van der Waals surface area (Å²) in [6.07, 6.45) is 1.62. The van der Waals surface area contributed by atoms with E-state index in [0.717, 1.165) is 17.1 Å². The van der Waals surface area contributed by atoms with Crippen molar-refractivity contribution in [2.45, 2.75) is 23.9 Å². The number of rotatable bonds is 7. The first-order chi connectivity index (χ1) is 12.1. The number of carbonyl (C=O) groups is 1. The molecule has 3 rings (SSSR count). The van der Waals surface area contributed by atoms with Crippen molar-refractivity contribution in [2.24, 2.45) is 5.73 Å². The number of carbonyl (C=O) groups excluding carboxylic acids is 1. The van der Waals surface area contributed by atoms with Crippen LogP contribution in [0.5, 0.6) is 5.75 Å². The lowest BCUT2D eigenvalue weighted by molar-refractivity contribution is -0.117. The Labute approximate surface area is 149 Å². The summed E-state index contributed by atoms with van der Waals surface area (Å²) in [7, 11) is 1.62. The number of hydrogen-bond acceptors (Lipinski definition) is 6. The van der Waals surface area contributed by atoms with Gasteiger partial charge in [0.05, 0.1) is 25.2 Å². The lowest BCUT2D eigenvalue weighted by atomic mass is 10.2. The number of hydrogen-bond donors (Lipinski definition) is 1. The molecule has 130 valence electrons. The van der Waals surface area contributed by atoms with E-state index in [-0.39, 0.29) is 0 Å². The molecule has 1 amide bonds. The van der Waals surface area contributed by atoms with Gasteiger partial charge >= 0.3 is 0 Å². The molecular weight excluding hydrogens is 340 g/mol. The highest BCUT2D eigenvalue weighted by Gasteiger charge is 2.20. The second-order valence-electron chi connectivity index (χ2n) is 5.36. The summed E-state index contributed by atoms with van der Waals surface area (Å²) in [4.78, 5) is 11.4. The van der Waals surface area contributed by atoms with Gasteiger partial charge in [-0.15, -0.1) is 10.2 Å². The molecule has 1 unspecified atom stereocenters. The molecule has 2 aromatic heterocycles. The van der Waals surface area contributed by atoms with Crippen molar-refractivity contribution in [1.82, 2.24) is 14.8 Å². The van der Waals surface area contributed by atoms with E-state index >= 15 is 0 Å². The fourth-order valence-electron chi connectivity index (χ4n) is 2.25. The van der Waals surface area contributed by atoms with E-state index in [1.165, 1.54) is 11.8 Å². The molecule has 7 nitrogen and oxygen atoms in total. The van der Waals surface area contributed by atoms with Gasteiger partial charge in [-0.3, -0.25) is 9.36 Å². The van der Waals surface area contributed by atoms with Crippen LogP contribution in [0.3, 0.4) is 0 Å². The van der Waals surface area contributed by atoms with Crippen molar-refractivity contribution in [3.05, 3.63) is 48.4 Å².